The van der Waals surface area contributed by atoms with E-state index in [1.54, 1.807) is 12.1 Å². The van der Waals surface area contributed by atoms with Crippen LogP contribution >= 0.6 is 0 Å². The summed E-state index contributed by atoms with van der Waals surface area (Å²) in [7, 11) is 0. The zero-order valence-electron chi connectivity index (χ0n) is 12.9. The van der Waals surface area contributed by atoms with Crippen LogP contribution in [0.15, 0.2) is 12.1 Å². The van der Waals surface area contributed by atoms with Crippen LogP contribution in [0.1, 0.15) is 55.6 Å². The molecule has 1 unspecified atom stereocenters. The van der Waals surface area contributed by atoms with E-state index in [-0.39, 0.29) is 12.0 Å². The molecule has 1 aliphatic rings. The van der Waals surface area contributed by atoms with Gasteiger partial charge in [-0.05, 0) is 43.7 Å². The molecular weight excluding hydrogens is 268 g/mol. The van der Waals surface area contributed by atoms with E-state index in [0.29, 0.717) is 11.5 Å². The number of anilines is 1. The van der Waals surface area contributed by atoms with E-state index in [0.717, 1.165) is 37.4 Å². The number of nitrogens with zero attached hydrogens (tertiary/aromatic N) is 2. The number of hydrogen-bond donors (Lipinski definition) is 2. The minimum absolute atomic E-state index is 0.193. The zero-order chi connectivity index (χ0) is 15.6. The van der Waals surface area contributed by atoms with Crippen molar-refractivity contribution >= 4 is 11.8 Å². The van der Waals surface area contributed by atoms with Gasteiger partial charge in [-0.25, -0.2) is 9.78 Å². The number of hydrogen-bond acceptors (Lipinski definition) is 4. The first-order valence-electron chi connectivity index (χ1n) is 7.56. The summed E-state index contributed by atoms with van der Waals surface area (Å²) in [5.74, 6) is 0.341. The third-order valence-corrected chi connectivity index (χ3v) is 4.22. The molecule has 116 valence electrons. The van der Waals surface area contributed by atoms with Crippen molar-refractivity contribution in [2.75, 3.05) is 18.0 Å². The van der Waals surface area contributed by atoms with Crippen LogP contribution in [-0.2, 0) is 0 Å². The topological polar surface area (TPSA) is 73.7 Å². The molecule has 1 aliphatic heterocycles. The fraction of sp³-hybridized carbons (Fsp3) is 0.625. The van der Waals surface area contributed by atoms with Gasteiger partial charge < -0.3 is 15.1 Å². The smallest absolute Gasteiger partial charge is 0.335 e. The molecule has 21 heavy (non-hydrogen) atoms. The molecule has 0 amide bonds. The number of aliphatic hydroxyl groups is 1. The molecule has 1 fully saturated rings. The molecule has 0 radical (unpaired) electrons. The van der Waals surface area contributed by atoms with Crippen LogP contribution in [0.4, 0.5) is 5.82 Å². The van der Waals surface area contributed by atoms with Gasteiger partial charge in [-0.1, -0.05) is 13.8 Å². The van der Waals surface area contributed by atoms with Crippen molar-refractivity contribution in [3.63, 3.8) is 0 Å². The van der Waals surface area contributed by atoms with Crippen LogP contribution in [0.5, 0.6) is 0 Å². The average Bonchev–Trinajstić information content (AvgIpc) is 2.46. The second-order valence-electron chi connectivity index (χ2n) is 6.16. The Kier molecular flexibility index (Phi) is 4.83. The second-order valence-corrected chi connectivity index (χ2v) is 6.16. The zero-order valence-corrected chi connectivity index (χ0v) is 12.9. The summed E-state index contributed by atoms with van der Waals surface area (Å²) in [5.41, 5.74) is 1.10. The third kappa shape index (κ3) is 3.73. The van der Waals surface area contributed by atoms with Crippen molar-refractivity contribution in [2.24, 2.45) is 5.92 Å². The fourth-order valence-electron chi connectivity index (χ4n) is 2.73. The highest BCUT2D eigenvalue weighted by Crippen LogP contribution is 2.26. The molecule has 2 N–H and O–H groups in total. The average molecular weight is 292 g/mol. The lowest BCUT2D eigenvalue weighted by Gasteiger charge is -2.34. The Morgan fingerprint density at radius 3 is 2.38 bits per heavy atom. The van der Waals surface area contributed by atoms with Gasteiger partial charge in [0.05, 0.1) is 11.7 Å². The summed E-state index contributed by atoms with van der Waals surface area (Å²) in [6.07, 6.45) is 1.54. The van der Waals surface area contributed by atoms with Gasteiger partial charge in [0, 0.05) is 18.8 Å². The number of piperidine rings is 1. The summed E-state index contributed by atoms with van der Waals surface area (Å²) in [6.45, 7) is 7.47. The number of carboxylic acid groups (broad SMARTS) is 1. The van der Waals surface area contributed by atoms with E-state index in [9.17, 15) is 15.0 Å². The van der Waals surface area contributed by atoms with Crippen LogP contribution in [-0.4, -0.2) is 40.4 Å². The molecule has 0 aliphatic carbocycles. The highest BCUT2D eigenvalue weighted by Gasteiger charge is 2.24. The predicted octanol–water partition coefficient (Wildman–Crippen LogP) is 2.50. The SMILES string of the molecule is CC(C)c1cc(C(=O)O)cc(N2CCC(C(C)O)CC2)n1. The van der Waals surface area contributed by atoms with E-state index >= 15 is 0 Å². The summed E-state index contributed by atoms with van der Waals surface area (Å²) in [4.78, 5) is 18.0. The Labute approximate surface area is 125 Å². The highest BCUT2D eigenvalue weighted by molar-refractivity contribution is 5.88. The summed E-state index contributed by atoms with van der Waals surface area (Å²) >= 11 is 0. The van der Waals surface area contributed by atoms with Crippen molar-refractivity contribution < 1.29 is 15.0 Å². The first-order valence-corrected chi connectivity index (χ1v) is 7.56. The van der Waals surface area contributed by atoms with Gasteiger partial charge in [0.25, 0.3) is 0 Å². The van der Waals surface area contributed by atoms with Crippen LogP contribution in [0.3, 0.4) is 0 Å². The monoisotopic (exact) mass is 292 g/mol. The van der Waals surface area contributed by atoms with Crippen molar-refractivity contribution in [3.05, 3.63) is 23.4 Å². The third-order valence-electron chi connectivity index (χ3n) is 4.22. The number of carboxylic acids is 1. The van der Waals surface area contributed by atoms with Crippen molar-refractivity contribution in [1.82, 2.24) is 4.98 Å². The predicted molar refractivity (Wildman–Crippen MR) is 81.9 cm³/mol. The van der Waals surface area contributed by atoms with E-state index < -0.39 is 5.97 Å². The van der Waals surface area contributed by atoms with Crippen LogP contribution in [0.2, 0.25) is 0 Å². The van der Waals surface area contributed by atoms with E-state index in [1.807, 2.05) is 20.8 Å². The Morgan fingerprint density at radius 1 is 1.29 bits per heavy atom. The summed E-state index contributed by atoms with van der Waals surface area (Å²) in [6, 6.07) is 3.30. The number of aromatic nitrogens is 1. The number of carbonyl (C=O) groups is 1. The van der Waals surface area contributed by atoms with Gasteiger partial charge in [-0.3, -0.25) is 0 Å². The number of rotatable bonds is 4. The molecule has 1 aromatic rings. The Balaban J connectivity index is 2.21. The van der Waals surface area contributed by atoms with Crippen molar-refractivity contribution in [1.29, 1.82) is 0 Å². The first kappa shape index (κ1) is 15.8. The minimum Gasteiger partial charge on any atom is -0.478 e. The molecule has 0 aromatic carbocycles. The van der Waals surface area contributed by atoms with Gasteiger partial charge >= 0.3 is 5.97 Å². The quantitative estimate of drug-likeness (QED) is 0.892. The number of aliphatic hydroxyl groups excluding tert-OH is 1. The van der Waals surface area contributed by atoms with Crippen molar-refractivity contribution in [3.8, 4) is 0 Å². The maximum atomic E-state index is 11.3. The standard InChI is InChI=1S/C16H24N2O3/c1-10(2)14-8-13(16(20)21)9-15(17-14)18-6-4-12(5-7-18)11(3)19/h8-12,19H,4-7H2,1-3H3,(H,20,21). The minimum atomic E-state index is -0.917. The molecule has 0 spiro atoms. The summed E-state index contributed by atoms with van der Waals surface area (Å²) < 4.78 is 0. The van der Waals surface area contributed by atoms with Crippen LogP contribution in [0.25, 0.3) is 0 Å². The van der Waals surface area contributed by atoms with Crippen LogP contribution in [0, 0.1) is 5.92 Å². The summed E-state index contributed by atoms with van der Waals surface area (Å²) in [5, 5.41) is 18.9. The van der Waals surface area contributed by atoms with Gasteiger partial charge in [0.1, 0.15) is 5.82 Å². The highest BCUT2D eigenvalue weighted by atomic mass is 16.4. The molecule has 2 rings (SSSR count). The molecule has 0 saturated carbocycles. The van der Waals surface area contributed by atoms with Gasteiger partial charge in [0.2, 0.25) is 0 Å². The first-order chi connectivity index (χ1) is 9.88. The molecule has 1 aromatic heterocycles. The van der Waals surface area contributed by atoms with Crippen molar-refractivity contribution in [2.45, 2.75) is 45.6 Å². The second kappa shape index (κ2) is 6.43. The lowest BCUT2D eigenvalue weighted by molar-refractivity contribution is 0.0696. The Hall–Kier alpha value is -1.62. The normalized spacial score (nSPS) is 18.0. The fourth-order valence-corrected chi connectivity index (χ4v) is 2.73. The molecule has 1 atom stereocenters. The lowest BCUT2D eigenvalue weighted by atomic mass is 9.92. The van der Waals surface area contributed by atoms with E-state index in [4.69, 9.17) is 0 Å². The van der Waals surface area contributed by atoms with Gasteiger partial charge in [-0.2, -0.15) is 0 Å². The van der Waals surface area contributed by atoms with Crippen LogP contribution < -0.4 is 4.90 Å². The Bertz CT molecular complexity index is 506. The maximum Gasteiger partial charge on any atom is 0.335 e. The number of aromatic carboxylic acids is 1. The molecular formula is C16H24N2O3. The maximum absolute atomic E-state index is 11.3. The molecule has 1 saturated heterocycles. The lowest BCUT2D eigenvalue weighted by Crippen LogP contribution is -2.37. The molecule has 5 nitrogen and oxygen atoms in total. The van der Waals surface area contributed by atoms with Gasteiger partial charge in [0.15, 0.2) is 0 Å². The molecule has 5 heteroatoms. The Morgan fingerprint density at radius 2 is 1.90 bits per heavy atom. The molecule has 0 bridgehead atoms. The van der Waals surface area contributed by atoms with Gasteiger partial charge in [-0.15, -0.1) is 0 Å². The number of pyridine rings is 1. The van der Waals surface area contributed by atoms with E-state index in [1.165, 1.54) is 0 Å². The largest absolute Gasteiger partial charge is 0.478 e. The molecule has 2 heterocycles. The van der Waals surface area contributed by atoms with E-state index in [2.05, 4.69) is 9.88 Å².